The third-order valence-corrected chi connectivity index (χ3v) is 9.33. The molecule has 0 atom stereocenters. The fourth-order valence-electron chi connectivity index (χ4n) is 5.10. The number of thioether (sulfide) groups is 1. The Balaban J connectivity index is 1.88. The van der Waals surface area contributed by atoms with Crippen LogP contribution < -0.4 is 5.11 Å². The second kappa shape index (κ2) is 15.4. The third kappa shape index (κ3) is 10.2. The Bertz CT molecular complexity index is 1140. The Morgan fingerprint density at radius 3 is 1.70 bits per heavy atom. The van der Waals surface area contributed by atoms with Gasteiger partial charge in [-0.1, -0.05) is 85.8 Å². The highest BCUT2D eigenvalue weighted by Crippen LogP contribution is 2.40. The first kappa shape index (κ1) is 32.6. The minimum Gasteiger partial charge on any atom is -0.871 e. The lowest BCUT2D eigenvalue weighted by Crippen LogP contribution is -2.29. The van der Waals surface area contributed by atoms with E-state index in [0.717, 1.165) is 36.8 Å². The molecule has 0 amide bonds. The van der Waals surface area contributed by atoms with Crippen LogP contribution in [0.15, 0.2) is 62.6 Å². The van der Waals surface area contributed by atoms with Crippen LogP contribution in [0.5, 0.6) is 0 Å². The van der Waals surface area contributed by atoms with Crippen molar-refractivity contribution in [2.45, 2.75) is 107 Å². The average molecular weight is 579 g/mol. The maximum atomic E-state index is 13.2. The third-order valence-electron chi connectivity index (χ3n) is 7.06. The van der Waals surface area contributed by atoms with E-state index in [9.17, 15) is 9.90 Å². The summed E-state index contributed by atoms with van der Waals surface area (Å²) in [6, 6.07) is 4.39. The van der Waals surface area contributed by atoms with E-state index in [2.05, 4.69) is 79.7 Å². The summed E-state index contributed by atoms with van der Waals surface area (Å²) in [5, 5.41) is 13.2. The van der Waals surface area contributed by atoms with Gasteiger partial charge in [0.1, 0.15) is 0 Å². The van der Waals surface area contributed by atoms with Gasteiger partial charge >= 0.3 is 0 Å². The molecule has 2 nitrogen and oxygen atoms in total. The van der Waals surface area contributed by atoms with Gasteiger partial charge in [-0.25, -0.2) is 0 Å². The zero-order chi connectivity index (χ0) is 29.4. The van der Waals surface area contributed by atoms with Gasteiger partial charge in [0.15, 0.2) is 5.78 Å². The number of allylic oxidation sites excluding steroid dienone is 8. The predicted molar refractivity (Wildman–Crippen MR) is 175 cm³/mol. The van der Waals surface area contributed by atoms with Crippen LogP contribution in [0.2, 0.25) is 0 Å². The van der Waals surface area contributed by atoms with Gasteiger partial charge in [0.2, 0.25) is 21.1 Å². The lowest BCUT2D eigenvalue weighted by molar-refractivity contribution is -0.300. The molecule has 1 aromatic rings. The number of carbonyl (C=O) groups is 1. The molecule has 0 radical (unpaired) electrons. The zero-order valence-corrected chi connectivity index (χ0v) is 27.7. The van der Waals surface area contributed by atoms with E-state index in [4.69, 9.17) is 0 Å². The molecule has 0 bridgehead atoms. The fraction of sp³-hybridized carbons (Fsp3) is 0.556. The minimum absolute atomic E-state index is 0.122. The SMILES string of the molecule is CC(C)CCCc1cc(C=C2C(=O)C(C=C3C=C(CC(C)C)SC(CC(C)C)=C3)=C2[O-])cc(CCCC(C)C)[s+]1. The molecule has 3 rings (SSSR count). The van der Waals surface area contributed by atoms with Gasteiger partial charge in [0, 0.05) is 36.1 Å². The first-order chi connectivity index (χ1) is 18.9. The minimum atomic E-state index is -0.122. The van der Waals surface area contributed by atoms with Gasteiger partial charge in [0.25, 0.3) is 0 Å². The normalized spacial score (nSPS) is 16.9. The summed E-state index contributed by atoms with van der Waals surface area (Å²) >= 11 is 3.75. The monoisotopic (exact) mass is 578 g/mol. The number of ketones is 1. The van der Waals surface area contributed by atoms with E-state index >= 15 is 0 Å². The highest BCUT2D eigenvalue weighted by molar-refractivity contribution is 8.06. The summed E-state index contributed by atoms with van der Waals surface area (Å²) in [5.74, 6) is 2.27. The Labute approximate surface area is 252 Å². The van der Waals surface area contributed by atoms with Crippen molar-refractivity contribution in [3.05, 3.63) is 78.0 Å². The number of carbonyl (C=O) groups excluding carboxylic acids is 1. The Hall–Kier alpha value is -1.91. The van der Waals surface area contributed by atoms with Crippen LogP contribution in [0.3, 0.4) is 0 Å². The van der Waals surface area contributed by atoms with E-state index < -0.39 is 0 Å². The van der Waals surface area contributed by atoms with Gasteiger partial charge in [-0.3, -0.25) is 4.79 Å². The molecule has 2 aliphatic rings. The van der Waals surface area contributed by atoms with E-state index in [1.165, 1.54) is 45.2 Å². The molecule has 40 heavy (non-hydrogen) atoms. The molecule has 0 fully saturated rings. The summed E-state index contributed by atoms with van der Waals surface area (Å²) in [5.41, 5.74) is 2.62. The number of hydrogen-bond donors (Lipinski definition) is 0. The van der Waals surface area contributed by atoms with Crippen LogP contribution in [0.25, 0.3) is 6.08 Å². The second-order valence-corrected chi connectivity index (χ2v) is 15.7. The van der Waals surface area contributed by atoms with E-state index in [-0.39, 0.29) is 11.5 Å². The molecule has 0 N–H and O–H groups in total. The molecule has 1 aromatic heterocycles. The molecule has 4 heteroatoms. The van der Waals surface area contributed by atoms with Crippen molar-refractivity contribution in [1.29, 1.82) is 0 Å². The lowest BCUT2D eigenvalue weighted by atomic mass is 9.85. The number of aryl methyl sites for hydroxylation is 2. The Morgan fingerprint density at radius 2 is 1.27 bits per heavy atom. The average Bonchev–Trinajstić information content (AvgIpc) is 2.84. The first-order valence-electron chi connectivity index (χ1n) is 15.4. The molecule has 0 saturated heterocycles. The largest absolute Gasteiger partial charge is 0.871 e. The molecule has 0 unspecified atom stereocenters. The van der Waals surface area contributed by atoms with Crippen LogP contribution in [-0.4, -0.2) is 5.78 Å². The molecule has 0 spiro atoms. The van der Waals surface area contributed by atoms with Crippen molar-refractivity contribution in [2.75, 3.05) is 0 Å². The predicted octanol–water partition coefficient (Wildman–Crippen LogP) is 10.1. The summed E-state index contributed by atoms with van der Waals surface area (Å²) in [6.45, 7) is 18.0. The van der Waals surface area contributed by atoms with E-state index in [1.54, 1.807) is 0 Å². The second-order valence-electron chi connectivity index (χ2n) is 13.2. The van der Waals surface area contributed by atoms with Crippen LogP contribution in [-0.2, 0) is 17.6 Å². The molecule has 2 heterocycles. The van der Waals surface area contributed by atoms with Crippen LogP contribution >= 0.6 is 23.1 Å². The van der Waals surface area contributed by atoms with Gasteiger partial charge in [0.05, 0.1) is 0 Å². The Morgan fingerprint density at radius 1 is 0.775 bits per heavy atom. The van der Waals surface area contributed by atoms with Crippen molar-refractivity contribution in [1.82, 2.24) is 0 Å². The van der Waals surface area contributed by atoms with Crippen molar-refractivity contribution in [3.8, 4) is 0 Å². The maximum absolute atomic E-state index is 13.2. The maximum Gasteiger partial charge on any atom is 0.218 e. The highest BCUT2D eigenvalue weighted by atomic mass is 32.2. The van der Waals surface area contributed by atoms with Crippen molar-refractivity contribution < 1.29 is 9.90 Å². The van der Waals surface area contributed by atoms with Crippen LogP contribution in [0.4, 0.5) is 0 Å². The van der Waals surface area contributed by atoms with E-state index in [1.807, 2.05) is 35.3 Å². The summed E-state index contributed by atoms with van der Waals surface area (Å²) < 4.78 is 0. The summed E-state index contributed by atoms with van der Waals surface area (Å²) in [7, 11) is 0. The van der Waals surface area contributed by atoms with Crippen molar-refractivity contribution in [2.24, 2.45) is 23.7 Å². The molecule has 1 aliphatic heterocycles. The molecule has 0 aromatic carbocycles. The standard InChI is InChI=1S/C36H50O2S2/c1-23(2)11-9-13-29-17-27(18-30(39-29)14-10-12-24(3)4)21-33-35(37)34(36(33)38)22-28-19-31(15-25(5)6)40-32(20-28)16-26(7)8/h17-26H,9-16H2,1-8H3. The molecular weight excluding hydrogens is 529 g/mol. The summed E-state index contributed by atoms with van der Waals surface area (Å²) in [6.07, 6.45) is 16.9. The first-order valence-corrected chi connectivity index (χ1v) is 17.0. The lowest BCUT2D eigenvalue weighted by Gasteiger charge is -2.29. The van der Waals surface area contributed by atoms with Crippen LogP contribution in [0, 0.1) is 23.7 Å². The fourth-order valence-corrected chi connectivity index (χ4v) is 7.88. The van der Waals surface area contributed by atoms with Gasteiger partial charge < -0.3 is 5.11 Å². The van der Waals surface area contributed by atoms with Gasteiger partial charge in [-0.05, 0) is 94.6 Å². The molecule has 0 saturated carbocycles. The summed E-state index contributed by atoms with van der Waals surface area (Å²) in [4.78, 5) is 18.6. The van der Waals surface area contributed by atoms with Crippen molar-refractivity contribution >= 4 is 35.0 Å². The van der Waals surface area contributed by atoms with E-state index in [0.29, 0.717) is 34.8 Å². The number of Topliss-reactive ketones (excluding diaryl/α,β-unsaturated/α-hetero) is 1. The smallest absolute Gasteiger partial charge is 0.218 e. The van der Waals surface area contributed by atoms with Gasteiger partial charge in [-0.2, -0.15) is 0 Å². The highest BCUT2D eigenvalue weighted by Gasteiger charge is 2.27. The van der Waals surface area contributed by atoms with Gasteiger partial charge in [-0.15, -0.1) is 0 Å². The zero-order valence-electron chi connectivity index (χ0n) is 26.1. The molecule has 218 valence electrons. The number of rotatable bonds is 14. The van der Waals surface area contributed by atoms with Crippen LogP contribution in [0.1, 0.15) is 109 Å². The molecular formula is C36H50O2S2. The van der Waals surface area contributed by atoms with Crippen molar-refractivity contribution in [3.63, 3.8) is 0 Å². The Kier molecular flexibility index (Phi) is 12.5. The topological polar surface area (TPSA) is 40.1 Å². The quantitative estimate of drug-likeness (QED) is 0.163. The number of hydrogen-bond acceptors (Lipinski definition) is 3. The molecule has 1 aliphatic carbocycles.